The Morgan fingerprint density at radius 2 is 2.00 bits per heavy atom. The molecule has 1 aliphatic carbocycles. The molecule has 0 radical (unpaired) electrons. The highest BCUT2D eigenvalue weighted by molar-refractivity contribution is 6.30. The second-order valence-corrected chi connectivity index (χ2v) is 6.03. The predicted octanol–water partition coefficient (Wildman–Crippen LogP) is 2.66. The van der Waals surface area contributed by atoms with Gasteiger partial charge in [0.05, 0.1) is 12.5 Å². The van der Waals surface area contributed by atoms with Crippen molar-refractivity contribution in [2.75, 3.05) is 13.2 Å². The first-order valence-electron chi connectivity index (χ1n) is 7.70. The molecular weight excluding hydrogens is 320 g/mol. The Hall–Kier alpha value is -1.95. The van der Waals surface area contributed by atoms with Crippen LogP contribution in [0.25, 0.3) is 0 Å². The number of benzene rings is 1. The molecule has 0 bridgehead atoms. The Kier molecular flexibility index (Phi) is 6.52. The molecular formula is C16H21ClN2O4. The maximum Gasteiger partial charge on any atom is 0.315 e. The molecule has 0 aromatic heterocycles. The Bertz CT molecular complexity index is 545. The molecule has 0 spiro atoms. The number of amides is 2. The zero-order valence-electron chi connectivity index (χ0n) is 12.8. The van der Waals surface area contributed by atoms with Gasteiger partial charge in [-0.05, 0) is 43.9 Å². The molecule has 126 valence electrons. The van der Waals surface area contributed by atoms with E-state index in [9.17, 15) is 9.59 Å². The van der Waals surface area contributed by atoms with Crippen LogP contribution in [0.5, 0.6) is 5.75 Å². The lowest BCUT2D eigenvalue weighted by molar-refractivity contribution is -0.142. The van der Waals surface area contributed by atoms with Crippen LogP contribution in [0.2, 0.25) is 5.02 Å². The molecule has 0 saturated heterocycles. The fourth-order valence-electron chi connectivity index (χ4n) is 2.61. The highest BCUT2D eigenvalue weighted by Crippen LogP contribution is 2.24. The molecule has 0 unspecified atom stereocenters. The lowest BCUT2D eigenvalue weighted by atomic mass is 9.86. The number of nitrogens with one attached hydrogen (secondary N) is 2. The number of ether oxygens (including phenoxy) is 1. The van der Waals surface area contributed by atoms with Crippen molar-refractivity contribution < 1.29 is 19.4 Å². The second kappa shape index (κ2) is 8.62. The van der Waals surface area contributed by atoms with E-state index in [1.165, 1.54) is 0 Å². The van der Waals surface area contributed by atoms with Crippen LogP contribution >= 0.6 is 11.6 Å². The summed E-state index contributed by atoms with van der Waals surface area (Å²) in [5.41, 5.74) is 0. The second-order valence-electron chi connectivity index (χ2n) is 5.59. The van der Waals surface area contributed by atoms with Crippen molar-refractivity contribution in [3.8, 4) is 5.75 Å². The monoisotopic (exact) mass is 340 g/mol. The standard InChI is InChI=1S/C16H21ClN2O4/c17-12-2-1-3-14(10-12)23-9-8-18-16(22)19-13-6-4-11(5-7-13)15(20)21/h1-3,10-11,13H,4-9H2,(H,20,21)(H2,18,19,22). The zero-order valence-corrected chi connectivity index (χ0v) is 13.5. The topological polar surface area (TPSA) is 87.7 Å². The summed E-state index contributed by atoms with van der Waals surface area (Å²) in [4.78, 5) is 22.7. The number of carboxylic acid groups (broad SMARTS) is 1. The first-order valence-corrected chi connectivity index (χ1v) is 8.08. The molecule has 1 aromatic rings. The lowest BCUT2D eigenvalue weighted by Gasteiger charge is -2.26. The molecule has 3 N–H and O–H groups in total. The van der Waals surface area contributed by atoms with Crippen molar-refractivity contribution in [2.45, 2.75) is 31.7 Å². The van der Waals surface area contributed by atoms with E-state index in [1.54, 1.807) is 24.3 Å². The van der Waals surface area contributed by atoms with Crippen LogP contribution in [-0.2, 0) is 4.79 Å². The van der Waals surface area contributed by atoms with Crippen molar-refractivity contribution in [1.82, 2.24) is 10.6 Å². The summed E-state index contributed by atoms with van der Waals surface area (Å²) >= 11 is 5.85. The lowest BCUT2D eigenvalue weighted by Crippen LogP contribution is -2.45. The summed E-state index contributed by atoms with van der Waals surface area (Å²) in [6.07, 6.45) is 2.61. The zero-order chi connectivity index (χ0) is 16.7. The predicted molar refractivity (Wildman–Crippen MR) is 86.9 cm³/mol. The third kappa shape index (κ3) is 5.98. The van der Waals surface area contributed by atoms with E-state index >= 15 is 0 Å². The summed E-state index contributed by atoms with van der Waals surface area (Å²) in [5.74, 6) is -0.361. The highest BCUT2D eigenvalue weighted by atomic mass is 35.5. The number of carbonyl (C=O) groups excluding carboxylic acids is 1. The SMILES string of the molecule is O=C(NCCOc1cccc(Cl)c1)NC1CCC(C(=O)O)CC1. The summed E-state index contributed by atoms with van der Waals surface area (Å²) < 4.78 is 5.48. The van der Waals surface area contributed by atoms with Crippen molar-refractivity contribution in [2.24, 2.45) is 5.92 Å². The van der Waals surface area contributed by atoms with Gasteiger partial charge in [0.15, 0.2) is 0 Å². The van der Waals surface area contributed by atoms with Gasteiger partial charge in [-0.25, -0.2) is 4.79 Å². The summed E-state index contributed by atoms with van der Waals surface area (Å²) in [7, 11) is 0. The van der Waals surface area contributed by atoms with E-state index in [1.807, 2.05) is 0 Å². The number of hydrogen-bond donors (Lipinski definition) is 3. The van der Waals surface area contributed by atoms with Gasteiger partial charge >= 0.3 is 12.0 Å². The van der Waals surface area contributed by atoms with Gasteiger partial charge in [0.2, 0.25) is 0 Å². The first-order chi connectivity index (χ1) is 11.0. The smallest absolute Gasteiger partial charge is 0.315 e. The van der Waals surface area contributed by atoms with Crippen molar-refractivity contribution >= 4 is 23.6 Å². The van der Waals surface area contributed by atoms with E-state index in [-0.39, 0.29) is 18.0 Å². The molecule has 7 heteroatoms. The Morgan fingerprint density at radius 3 is 2.65 bits per heavy atom. The first kappa shape index (κ1) is 17.4. The van der Waals surface area contributed by atoms with Gasteiger partial charge in [-0.3, -0.25) is 4.79 Å². The quantitative estimate of drug-likeness (QED) is 0.695. The van der Waals surface area contributed by atoms with Gasteiger partial charge < -0.3 is 20.5 Å². The van der Waals surface area contributed by atoms with Crippen LogP contribution in [0.3, 0.4) is 0 Å². The molecule has 1 fully saturated rings. The highest BCUT2D eigenvalue weighted by Gasteiger charge is 2.26. The van der Waals surface area contributed by atoms with E-state index in [0.29, 0.717) is 49.6 Å². The van der Waals surface area contributed by atoms with Crippen LogP contribution in [-0.4, -0.2) is 36.3 Å². The largest absolute Gasteiger partial charge is 0.492 e. The summed E-state index contributed by atoms with van der Waals surface area (Å²) in [5, 5.41) is 15.1. The van der Waals surface area contributed by atoms with Crippen molar-refractivity contribution in [1.29, 1.82) is 0 Å². The van der Waals surface area contributed by atoms with Crippen LogP contribution in [0.15, 0.2) is 24.3 Å². The Morgan fingerprint density at radius 1 is 1.26 bits per heavy atom. The van der Waals surface area contributed by atoms with Crippen LogP contribution in [0, 0.1) is 5.92 Å². The molecule has 1 saturated carbocycles. The molecule has 1 aliphatic rings. The fourth-order valence-corrected chi connectivity index (χ4v) is 2.79. The van der Waals surface area contributed by atoms with Gasteiger partial charge in [0.1, 0.15) is 12.4 Å². The minimum absolute atomic E-state index is 0.0412. The normalized spacial score (nSPS) is 20.6. The van der Waals surface area contributed by atoms with Crippen LogP contribution in [0.1, 0.15) is 25.7 Å². The summed E-state index contributed by atoms with van der Waals surface area (Å²) in [6, 6.07) is 6.86. The molecule has 1 aromatic carbocycles. The summed E-state index contributed by atoms with van der Waals surface area (Å²) in [6.45, 7) is 0.725. The molecule has 23 heavy (non-hydrogen) atoms. The van der Waals surface area contributed by atoms with Gasteiger partial charge in [-0.1, -0.05) is 17.7 Å². The van der Waals surface area contributed by atoms with E-state index in [2.05, 4.69) is 10.6 Å². The number of halogens is 1. The molecule has 2 rings (SSSR count). The fraction of sp³-hybridized carbons (Fsp3) is 0.500. The van der Waals surface area contributed by atoms with Gasteiger partial charge in [-0.2, -0.15) is 0 Å². The molecule has 2 amide bonds. The average molecular weight is 341 g/mol. The minimum atomic E-state index is -0.744. The van der Waals surface area contributed by atoms with Crippen LogP contribution < -0.4 is 15.4 Å². The Balaban J connectivity index is 1.59. The third-order valence-corrected chi connectivity index (χ3v) is 4.10. The van der Waals surface area contributed by atoms with E-state index < -0.39 is 5.97 Å². The van der Waals surface area contributed by atoms with Gasteiger partial charge in [0, 0.05) is 11.1 Å². The molecule has 6 nitrogen and oxygen atoms in total. The number of aliphatic carboxylic acids is 1. The average Bonchev–Trinajstić information content (AvgIpc) is 2.52. The maximum atomic E-state index is 11.8. The van der Waals surface area contributed by atoms with Gasteiger partial charge in [0.25, 0.3) is 0 Å². The van der Waals surface area contributed by atoms with Crippen molar-refractivity contribution in [3.05, 3.63) is 29.3 Å². The Labute approximate surface area is 140 Å². The van der Waals surface area contributed by atoms with Crippen LogP contribution in [0.4, 0.5) is 4.79 Å². The van der Waals surface area contributed by atoms with E-state index in [0.717, 1.165) is 0 Å². The number of urea groups is 1. The molecule has 0 aliphatic heterocycles. The number of hydrogen-bond acceptors (Lipinski definition) is 3. The number of carboxylic acids is 1. The van der Waals surface area contributed by atoms with E-state index in [4.69, 9.17) is 21.4 Å². The minimum Gasteiger partial charge on any atom is -0.492 e. The maximum absolute atomic E-state index is 11.8. The van der Waals surface area contributed by atoms with Crippen molar-refractivity contribution in [3.63, 3.8) is 0 Å². The molecule has 0 heterocycles. The number of carbonyl (C=O) groups is 2. The number of rotatable bonds is 6. The molecule has 0 atom stereocenters. The van der Waals surface area contributed by atoms with Gasteiger partial charge in [-0.15, -0.1) is 0 Å². The third-order valence-electron chi connectivity index (χ3n) is 3.86.